The lowest BCUT2D eigenvalue weighted by atomic mass is 10.1. The standard InChI is InChI=1S/C19H38O/c1-3-5-7-9-10-11-12-13-14-16-18-19(20)17-15-8-6-4-2/h14,16,19-20H,3-13,15,17-18H2,1-2H3/b16-14-. The molecular weight excluding hydrogens is 244 g/mol. The highest BCUT2D eigenvalue weighted by Gasteiger charge is 2.00. The van der Waals surface area contributed by atoms with Gasteiger partial charge in [-0.2, -0.15) is 0 Å². The van der Waals surface area contributed by atoms with Crippen molar-refractivity contribution in [1.29, 1.82) is 0 Å². The monoisotopic (exact) mass is 282 g/mol. The number of aliphatic hydroxyl groups excluding tert-OH is 1. The van der Waals surface area contributed by atoms with E-state index < -0.39 is 0 Å². The second-order valence-corrected chi connectivity index (χ2v) is 6.12. The van der Waals surface area contributed by atoms with E-state index in [1.54, 1.807) is 0 Å². The number of hydrogen-bond donors (Lipinski definition) is 1. The quantitative estimate of drug-likeness (QED) is 0.272. The predicted molar refractivity (Wildman–Crippen MR) is 91.1 cm³/mol. The first-order valence-corrected chi connectivity index (χ1v) is 9.14. The van der Waals surface area contributed by atoms with Gasteiger partial charge >= 0.3 is 0 Å². The third-order valence-electron chi connectivity index (χ3n) is 3.94. The lowest BCUT2D eigenvalue weighted by Crippen LogP contribution is -2.04. The number of allylic oxidation sites excluding steroid dienone is 1. The van der Waals surface area contributed by atoms with Crippen LogP contribution in [0.15, 0.2) is 12.2 Å². The van der Waals surface area contributed by atoms with Crippen LogP contribution in [-0.2, 0) is 0 Å². The molecule has 120 valence electrons. The average Bonchev–Trinajstić information content (AvgIpc) is 2.45. The number of aliphatic hydroxyl groups is 1. The van der Waals surface area contributed by atoms with E-state index in [9.17, 15) is 5.11 Å². The van der Waals surface area contributed by atoms with Crippen molar-refractivity contribution in [3.63, 3.8) is 0 Å². The Hall–Kier alpha value is -0.300. The van der Waals surface area contributed by atoms with Gasteiger partial charge in [-0.3, -0.25) is 0 Å². The zero-order valence-corrected chi connectivity index (χ0v) is 14.1. The van der Waals surface area contributed by atoms with Crippen LogP contribution in [0.4, 0.5) is 0 Å². The van der Waals surface area contributed by atoms with Crippen LogP contribution in [0.5, 0.6) is 0 Å². The summed E-state index contributed by atoms with van der Waals surface area (Å²) in [7, 11) is 0. The van der Waals surface area contributed by atoms with Gasteiger partial charge in [0.05, 0.1) is 6.10 Å². The molecule has 1 unspecified atom stereocenters. The van der Waals surface area contributed by atoms with E-state index in [0.717, 1.165) is 12.8 Å². The lowest BCUT2D eigenvalue weighted by molar-refractivity contribution is 0.163. The van der Waals surface area contributed by atoms with Gasteiger partial charge in [-0.25, -0.2) is 0 Å². The van der Waals surface area contributed by atoms with Crippen LogP contribution in [-0.4, -0.2) is 11.2 Å². The first kappa shape index (κ1) is 19.7. The maximum Gasteiger partial charge on any atom is 0.0574 e. The van der Waals surface area contributed by atoms with Gasteiger partial charge in [0, 0.05) is 0 Å². The molecule has 0 aliphatic heterocycles. The molecule has 0 saturated carbocycles. The topological polar surface area (TPSA) is 20.2 Å². The molecule has 0 aromatic heterocycles. The average molecular weight is 283 g/mol. The Balaban J connectivity index is 3.21. The molecule has 0 rings (SSSR count). The lowest BCUT2D eigenvalue weighted by Gasteiger charge is -2.07. The van der Waals surface area contributed by atoms with Crippen molar-refractivity contribution in [2.75, 3.05) is 0 Å². The molecule has 20 heavy (non-hydrogen) atoms. The van der Waals surface area contributed by atoms with Crippen molar-refractivity contribution in [2.24, 2.45) is 0 Å². The molecule has 1 heteroatoms. The molecule has 0 aliphatic rings. The van der Waals surface area contributed by atoms with Crippen LogP contribution >= 0.6 is 0 Å². The number of rotatable bonds is 15. The van der Waals surface area contributed by atoms with Crippen molar-refractivity contribution in [1.82, 2.24) is 0 Å². The molecule has 0 heterocycles. The van der Waals surface area contributed by atoms with Crippen molar-refractivity contribution in [3.8, 4) is 0 Å². The fourth-order valence-corrected chi connectivity index (χ4v) is 2.52. The smallest absolute Gasteiger partial charge is 0.0574 e. The maximum atomic E-state index is 9.82. The first-order chi connectivity index (χ1) is 9.81. The summed E-state index contributed by atoms with van der Waals surface area (Å²) >= 11 is 0. The minimum absolute atomic E-state index is 0.114. The second-order valence-electron chi connectivity index (χ2n) is 6.12. The van der Waals surface area contributed by atoms with E-state index in [4.69, 9.17) is 0 Å². The van der Waals surface area contributed by atoms with Gasteiger partial charge in [0.15, 0.2) is 0 Å². The Kier molecular flexibility index (Phi) is 16.5. The van der Waals surface area contributed by atoms with E-state index in [1.807, 2.05) is 0 Å². The summed E-state index contributed by atoms with van der Waals surface area (Å²) in [6, 6.07) is 0. The van der Waals surface area contributed by atoms with Crippen LogP contribution in [0.1, 0.15) is 104 Å². The van der Waals surface area contributed by atoms with E-state index in [1.165, 1.54) is 77.0 Å². The minimum atomic E-state index is -0.114. The molecule has 1 N–H and O–H groups in total. The zero-order valence-electron chi connectivity index (χ0n) is 14.1. The van der Waals surface area contributed by atoms with Gasteiger partial charge in [-0.1, -0.05) is 90.2 Å². The van der Waals surface area contributed by atoms with Crippen LogP contribution in [0.2, 0.25) is 0 Å². The van der Waals surface area contributed by atoms with Crippen molar-refractivity contribution in [3.05, 3.63) is 12.2 Å². The SMILES string of the molecule is CCCCCCCCC/C=C\CC(O)CCCCCC. The Labute approximate surface area is 127 Å². The molecule has 0 aromatic carbocycles. The molecule has 1 atom stereocenters. The summed E-state index contributed by atoms with van der Waals surface area (Å²) in [4.78, 5) is 0. The highest BCUT2D eigenvalue weighted by Crippen LogP contribution is 2.10. The predicted octanol–water partition coefficient (Wildman–Crippen LogP) is 6.40. The Morgan fingerprint density at radius 2 is 1.25 bits per heavy atom. The van der Waals surface area contributed by atoms with E-state index in [0.29, 0.717) is 0 Å². The summed E-state index contributed by atoms with van der Waals surface area (Å²) in [6.45, 7) is 4.49. The maximum absolute atomic E-state index is 9.82. The summed E-state index contributed by atoms with van der Waals surface area (Å²) in [5.41, 5.74) is 0. The van der Waals surface area contributed by atoms with Gasteiger partial charge in [-0.15, -0.1) is 0 Å². The molecule has 0 radical (unpaired) electrons. The largest absolute Gasteiger partial charge is 0.393 e. The second kappa shape index (κ2) is 16.8. The molecule has 1 nitrogen and oxygen atoms in total. The van der Waals surface area contributed by atoms with E-state index in [2.05, 4.69) is 26.0 Å². The highest BCUT2D eigenvalue weighted by atomic mass is 16.3. The van der Waals surface area contributed by atoms with Crippen LogP contribution in [0.3, 0.4) is 0 Å². The zero-order chi connectivity index (χ0) is 14.9. The molecule has 0 amide bonds. The Morgan fingerprint density at radius 3 is 1.90 bits per heavy atom. The molecule has 0 bridgehead atoms. The molecule has 0 saturated heterocycles. The van der Waals surface area contributed by atoms with Crippen molar-refractivity contribution in [2.45, 2.75) is 110 Å². The fourth-order valence-electron chi connectivity index (χ4n) is 2.52. The summed E-state index contributed by atoms with van der Waals surface area (Å²) < 4.78 is 0. The molecular formula is C19H38O. The molecule has 0 aliphatic carbocycles. The van der Waals surface area contributed by atoms with Gasteiger partial charge in [0.25, 0.3) is 0 Å². The van der Waals surface area contributed by atoms with Crippen molar-refractivity contribution < 1.29 is 5.11 Å². The van der Waals surface area contributed by atoms with E-state index >= 15 is 0 Å². The summed E-state index contributed by atoms with van der Waals surface area (Å²) in [6.07, 6.45) is 22.0. The number of hydrogen-bond acceptors (Lipinski definition) is 1. The van der Waals surface area contributed by atoms with Gasteiger partial charge in [-0.05, 0) is 25.7 Å². The fraction of sp³-hybridized carbons (Fsp3) is 0.895. The van der Waals surface area contributed by atoms with Gasteiger partial charge < -0.3 is 5.11 Å². The summed E-state index contributed by atoms with van der Waals surface area (Å²) in [5.74, 6) is 0. The van der Waals surface area contributed by atoms with Crippen LogP contribution in [0, 0.1) is 0 Å². The Morgan fingerprint density at radius 1 is 0.700 bits per heavy atom. The van der Waals surface area contributed by atoms with E-state index in [-0.39, 0.29) is 6.10 Å². The Bertz CT molecular complexity index is 198. The van der Waals surface area contributed by atoms with Gasteiger partial charge in [0.2, 0.25) is 0 Å². The third-order valence-corrected chi connectivity index (χ3v) is 3.94. The first-order valence-electron chi connectivity index (χ1n) is 9.14. The van der Waals surface area contributed by atoms with Crippen molar-refractivity contribution >= 4 is 0 Å². The minimum Gasteiger partial charge on any atom is -0.393 e. The normalized spacial score (nSPS) is 13.2. The molecule has 0 fully saturated rings. The summed E-state index contributed by atoms with van der Waals surface area (Å²) in [5, 5.41) is 9.82. The third kappa shape index (κ3) is 15.8. The van der Waals surface area contributed by atoms with Crippen LogP contribution < -0.4 is 0 Å². The molecule has 0 spiro atoms. The highest BCUT2D eigenvalue weighted by molar-refractivity contribution is 4.83. The van der Waals surface area contributed by atoms with Gasteiger partial charge in [0.1, 0.15) is 0 Å². The van der Waals surface area contributed by atoms with Crippen LogP contribution in [0.25, 0.3) is 0 Å². The molecule has 0 aromatic rings. The number of unbranched alkanes of at least 4 members (excludes halogenated alkanes) is 10.